The van der Waals surface area contributed by atoms with Crippen molar-refractivity contribution in [3.05, 3.63) is 45.1 Å². The van der Waals surface area contributed by atoms with Gasteiger partial charge in [0.25, 0.3) is 0 Å². The van der Waals surface area contributed by atoms with Crippen LogP contribution in [0.5, 0.6) is 5.75 Å². The predicted molar refractivity (Wildman–Crippen MR) is 84.0 cm³/mol. The topological polar surface area (TPSA) is 55.4 Å². The summed E-state index contributed by atoms with van der Waals surface area (Å²) in [5, 5.41) is 1.85. The summed E-state index contributed by atoms with van der Waals surface area (Å²) in [7, 11) is -4.12. The Hall–Kier alpha value is -1.10. The number of sulfonamides is 1. The Morgan fingerprint density at radius 1 is 1.26 bits per heavy atom. The van der Waals surface area contributed by atoms with Crippen LogP contribution in [0, 0.1) is 0 Å². The highest BCUT2D eigenvalue weighted by molar-refractivity contribution is 9.10. The van der Waals surface area contributed by atoms with Gasteiger partial charge in [0.1, 0.15) is 4.90 Å². The number of rotatable bonds is 6. The van der Waals surface area contributed by atoms with Crippen molar-refractivity contribution < 1.29 is 26.3 Å². The van der Waals surface area contributed by atoms with E-state index in [1.165, 1.54) is 17.4 Å². The number of hydrogen-bond donors (Lipinski definition) is 1. The lowest BCUT2D eigenvalue weighted by Crippen LogP contribution is -2.27. The average molecular weight is 430 g/mol. The van der Waals surface area contributed by atoms with Crippen molar-refractivity contribution in [3.8, 4) is 5.75 Å². The van der Waals surface area contributed by atoms with Crippen LogP contribution in [0.15, 0.2) is 45.1 Å². The first-order chi connectivity index (χ1) is 10.7. The van der Waals surface area contributed by atoms with Gasteiger partial charge in [-0.25, -0.2) is 13.1 Å². The van der Waals surface area contributed by atoms with Gasteiger partial charge in [-0.15, -0.1) is 24.5 Å². The Labute approximate surface area is 143 Å². The Morgan fingerprint density at radius 2 is 2.00 bits per heavy atom. The second kappa shape index (κ2) is 7.20. The summed E-state index contributed by atoms with van der Waals surface area (Å²) in [5.41, 5.74) is 0. The Bertz CT molecular complexity index is 761. The molecule has 1 aromatic heterocycles. The summed E-state index contributed by atoms with van der Waals surface area (Å²) >= 11 is 4.46. The zero-order valence-electron chi connectivity index (χ0n) is 11.4. The van der Waals surface area contributed by atoms with Gasteiger partial charge in [0.2, 0.25) is 10.0 Å². The molecule has 2 rings (SSSR count). The molecule has 0 saturated heterocycles. The van der Waals surface area contributed by atoms with Crippen molar-refractivity contribution in [1.82, 2.24) is 4.72 Å². The molecule has 0 bridgehead atoms. The molecule has 4 nitrogen and oxygen atoms in total. The van der Waals surface area contributed by atoms with Crippen molar-refractivity contribution in [2.24, 2.45) is 0 Å². The van der Waals surface area contributed by atoms with Crippen molar-refractivity contribution in [1.29, 1.82) is 0 Å². The fourth-order valence-corrected chi connectivity index (χ4v) is 3.94. The van der Waals surface area contributed by atoms with Crippen LogP contribution in [-0.4, -0.2) is 21.3 Å². The third-order valence-corrected chi connectivity index (χ3v) is 5.59. The SMILES string of the molecule is O=S(=O)(NCCc1cccs1)c1ccc(Br)cc1OC(F)(F)F. The Morgan fingerprint density at radius 3 is 2.61 bits per heavy atom. The van der Waals surface area contributed by atoms with Gasteiger partial charge in [0.05, 0.1) is 0 Å². The fourth-order valence-electron chi connectivity index (χ4n) is 1.75. The zero-order chi connectivity index (χ0) is 17.1. The lowest BCUT2D eigenvalue weighted by molar-refractivity contribution is -0.275. The van der Waals surface area contributed by atoms with E-state index in [9.17, 15) is 21.6 Å². The molecule has 0 spiro atoms. The van der Waals surface area contributed by atoms with Crippen LogP contribution >= 0.6 is 27.3 Å². The van der Waals surface area contributed by atoms with Gasteiger partial charge in [-0.05, 0) is 36.1 Å². The summed E-state index contributed by atoms with van der Waals surface area (Å²) in [6.45, 7) is 0.0738. The highest BCUT2D eigenvalue weighted by atomic mass is 79.9. The third-order valence-electron chi connectivity index (χ3n) is 2.66. The van der Waals surface area contributed by atoms with E-state index >= 15 is 0 Å². The van der Waals surface area contributed by atoms with E-state index in [0.717, 1.165) is 17.0 Å². The standard InChI is InChI=1S/C13H11BrF3NO3S2/c14-9-3-4-12(11(8-9)21-13(15,16)17)23(19,20)18-6-5-10-2-1-7-22-10/h1-4,7-8,18H,5-6H2. The minimum absolute atomic E-state index is 0.0738. The van der Waals surface area contributed by atoms with Crippen LogP contribution in [0.2, 0.25) is 0 Å². The number of ether oxygens (including phenoxy) is 1. The van der Waals surface area contributed by atoms with Crippen LogP contribution in [0.4, 0.5) is 13.2 Å². The predicted octanol–water partition coefficient (Wildman–Crippen LogP) is 3.93. The summed E-state index contributed by atoms with van der Waals surface area (Å²) in [6.07, 6.45) is -4.54. The molecule has 0 amide bonds. The van der Waals surface area contributed by atoms with Crippen LogP contribution < -0.4 is 9.46 Å². The van der Waals surface area contributed by atoms with Crippen molar-refractivity contribution in [2.45, 2.75) is 17.7 Å². The molecule has 0 aliphatic rings. The number of hydrogen-bond acceptors (Lipinski definition) is 4. The normalized spacial score (nSPS) is 12.3. The monoisotopic (exact) mass is 429 g/mol. The molecule has 0 aliphatic heterocycles. The van der Waals surface area contributed by atoms with Gasteiger partial charge in [-0.2, -0.15) is 0 Å². The number of benzene rings is 1. The average Bonchev–Trinajstić information content (AvgIpc) is 2.89. The minimum Gasteiger partial charge on any atom is -0.404 e. The Kier molecular flexibility index (Phi) is 5.71. The van der Waals surface area contributed by atoms with Crippen molar-refractivity contribution >= 4 is 37.3 Å². The molecular weight excluding hydrogens is 419 g/mol. The van der Waals surface area contributed by atoms with E-state index in [1.807, 2.05) is 17.5 Å². The molecule has 10 heteroatoms. The maximum atomic E-state index is 12.4. The molecule has 1 aromatic carbocycles. The number of nitrogens with one attached hydrogen (secondary N) is 1. The van der Waals surface area contributed by atoms with E-state index < -0.39 is 27.0 Å². The van der Waals surface area contributed by atoms with E-state index in [2.05, 4.69) is 25.4 Å². The van der Waals surface area contributed by atoms with Crippen LogP contribution in [0.1, 0.15) is 4.88 Å². The highest BCUT2D eigenvalue weighted by Crippen LogP contribution is 2.32. The van der Waals surface area contributed by atoms with Crippen LogP contribution in [0.3, 0.4) is 0 Å². The summed E-state index contributed by atoms with van der Waals surface area (Å²) < 4.78 is 68.1. The quantitative estimate of drug-likeness (QED) is 0.756. The lowest BCUT2D eigenvalue weighted by Gasteiger charge is -2.14. The molecule has 0 unspecified atom stereocenters. The number of thiophene rings is 1. The smallest absolute Gasteiger partial charge is 0.404 e. The van der Waals surface area contributed by atoms with E-state index in [0.29, 0.717) is 6.42 Å². The van der Waals surface area contributed by atoms with Gasteiger partial charge >= 0.3 is 6.36 Å². The summed E-state index contributed by atoms with van der Waals surface area (Å²) in [4.78, 5) is 0.402. The van der Waals surface area contributed by atoms with Gasteiger partial charge in [0.15, 0.2) is 5.75 Å². The van der Waals surface area contributed by atoms with Gasteiger partial charge in [-0.3, -0.25) is 0 Å². The van der Waals surface area contributed by atoms with E-state index in [1.54, 1.807) is 0 Å². The molecule has 0 fully saturated rings. The minimum atomic E-state index is -4.98. The fraction of sp³-hybridized carbons (Fsp3) is 0.231. The second-order valence-corrected chi connectivity index (χ2v) is 8.05. The highest BCUT2D eigenvalue weighted by Gasteiger charge is 2.34. The van der Waals surface area contributed by atoms with Crippen LogP contribution in [0.25, 0.3) is 0 Å². The first-order valence-corrected chi connectivity index (χ1v) is 9.40. The van der Waals surface area contributed by atoms with Crippen molar-refractivity contribution in [2.75, 3.05) is 6.54 Å². The van der Waals surface area contributed by atoms with Gasteiger partial charge in [0, 0.05) is 15.9 Å². The molecule has 0 aliphatic carbocycles. The maximum absolute atomic E-state index is 12.4. The second-order valence-electron chi connectivity index (χ2n) is 4.37. The molecule has 0 atom stereocenters. The molecular formula is C13H11BrF3NO3S2. The molecule has 0 saturated carbocycles. The largest absolute Gasteiger partial charge is 0.573 e. The molecule has 23 heavy (non-hydrogen) atoms. The summed E-state index contributed by atoms with van der Waals surface area (Å²) in [6, 6.07) is 7.02. The maximum Gasteiger partial charge on any atom is 0.573 e. The van der Waals surface area contributed by atoms with Gasteiger partial charge < -0.3 is 4.74 Å². The lowest BCUT2D eigenvalue weighted by atomic mass is 10.3. The third kappa shape index (κ3) is 5.48. The number of alkyl halides is 3. The molecule has 1 N–H and O–H groups in total. The number of halogens is 4. The first kappa shape index (κ1) is 18.2. The van der Waals surface area contributed by atoms with E-state index in [-0.39, 0.29) is 11.0 Å². The molecule has 0 radical (unpaired) electrons. The molecule has 2 aromatic rings. The zero-order valence-corrected chi connectivity index (χ0v) is 14.7. The van der Waals surface area contributed by atoms with Gasteiger partial charge in [-0.1, -0.05) is 22.0 Å². The molecule has 126 valence electrons. The van der Waals surface area contributed by atoms with Crippen molar-refractivity contribution in [3.63, 3.8) is 0 Å². The van der Waals surface area contributed by atoms with Crippen LogP contribution in [-0.2, 0) is 16.4 Å². The first-order valence-electron chi connectivity index (χ1n) is 6.25. The summed E-state index contributed by atoms with van der Waals surface area (Å²) in [5.74, 6) is -0.782. The Balaban J connectivity index is 2.17. The molecule has 1 heterocycles. The van der Waals surface area contributed by atoms with E-state index in [4.69, 9.17) is 0 Å².